The van der Waals surface area contributed by atoms with Crippen LogP contribution in [0.4, 0.5) is 0 Å². The number of sulfonamides is 1. The Balaban J connectivity index is 2.37. The zero-order valence-corrected chi connectivity index (χ0v) is 12.7. The molecular weight excluding hydrogens is 298 g/mol. The van der Waals surface area contributed by atoms with E-state index in [1.54, 1.807) is 6.07 Å². The zero-order valence-electron chi connectivity index (χ0n) is 11.1. The molecule has 1 aliphatic rings. The van der Waals surface area contributed by atoms with Crippen molar-refractivity contribution in [1.29, 1.82) is 0 Å². The van der Waals surface area contributed by atoms with Crippen molar-refractivity contribution in [3.63, 3.8) is 0 Å². The summed E-state index contributed by atoms with van der Waals surface area (Å²) in [5.74, 6) is 5.20. The van der Waals surface area contributed by atoms with Gasteiger partial charge in [-0.05, 0) is 31.0 Å². The average molecular weight is 314 g/mol. The lowest BCUT2D eigenvalue weighted by molar-refractivity contribution is 0.350. The maximum absolute atomic E-state index is 12.6. The van der Waals surface area contributed by atoms with Gasteiger partial charge < -0.3 is 5.11 Å². The fourth-order valence-electron chi connectivity index (χ4n) is 2.04. The standard InChI is InChI=1S/C14H16ClNO3S/c1-2-16(12-6-7-12)20(18,19)14-8-5-11(4-3-9-17)10-13(14)15/h5,8,10,12,17H,2,6-7,9H2,1H3. The number of hydrogen-bond donors (Lipinski definition) is 1. The van der Waals surface area contributed by atoms with Crippen LogP contribution in [0.5, 0.6) is 0 Å². The van der Waals surface area contributed by atoms with Gasteiger partial charge in [0.15, 0.2) is 0 Å². The van der Waals surface area contributed by atoms with Crippen molar-refractivity contribution in [2.75, 3.05) is 13.2 Å². The van der Waals surface area contributed by atoms with Crippen LogP contribution in [0.3, 0.4) is 0 Å². The molecule has 0 unspecified atom stereocenters. The molecule has 0 spiro atoms. The molecule has 0 bridgehead atoms. The average Bonchev–Trinajstić information content (AvgIpc) is 3.21. The van der Waals surface area contributed by atoms with Crippen LogP contribution >= 0.6 is 11.6 Å². The van der Waals surface area contributed by atoms with Gasteiger partial charge in [0.2, 0.25) is 10.0 Å². The Hall–Kier alpha value is -1.06. The van der Waals surface area contributed by atoms with Crippen LogP contribution in [0.2, 0.25) is 5.02 Å². The molecule has 1 fully saturated rings. The van der Waals surface area contributed by atoms with E-state index in [9.17, 15) is 8.42 Å². The molecule has 4 nitrogen and oxygen atoms in total. The first-order valence-electron chi connectivity index (χ1n) is 6.41. The van der Waals surface area contributed by atoms with Crippen molar-refractivity contribution < 1.29 is 13.5 Å². The van der Waals surface area contributed by atoms with Crippen molar-refractivity contribution in [3.8, 4) is 11.8 Å². The first-order chi connectivity index (χ1) is 9.50. The van der Waals surface area contributed by atoms with E-state index in [4.69, 9.17) is 16.7 Å². The van der Waals surface area contributed by atoms with E-state index >= 15 is 0 Å². The van der Waals surface area contributed by atoms with Crippen LogP contribution in [0.15, 0.2) is 23.1 Å². The van der Waals surface area contributed by atoms with Gasteiger partial charge in [0.25, 0.3) is 0 Å². The fraction of sp³-hybridized carbons (Fsp3) is 0.429. The molecular formula is C14H16ClNO3S. The lowest BCUT2D eigenvalue weighted by Gasteiger charge is -2.20. The van der Waals surface area contributed by atoms with Gasteiger partial charge in [0.1, 0.15) is 11.5 Å². The number of benzene rings is 1. The summed E-state index contributed by atoms with van der Waals surface area (Å²) in [5, 5.41) is 8.81. The number of aliphatic hydroxyl groups excluding tert-OH is 1. The quantitative estimate of drug-likeness (QED) is 0.863. The van der Waals surface area contributed by atoms with Crippen LogP contribution in [0.1, 0.15) is 25.3 Å². The van der Waals surface area contributed by atoms with Crippen LogP contribution < -0.4 is 0 Å². The molecule has 1 aromatic carbocycles. The molecule has 0 aliphatic heterocycles. The van der Waals surface area contributed by atoms with Crippen molar-refractivity contribution in [1.82, 2.24) is 4.31 Å². The Kier molecular flexibility index (Phi) is 4.71. The predicted octanol–water partition coefficient (Wildman–Crippen LogP) is 1.86. The maximum atomic E-state index is 12.6. The minimum absolute atomic E-state index is 0.106. The SMILES string of the molecule is CCN(C1CC1)S(=O)(=O)c1ccc(C#CCO)cc1Cl. The summed E-state index contributed by atoms with van der Waals surface area (Å²) < 4.78 is 26.6. The van der Waals surface area contributed by atoms with Gasteiger partial charge in [-0.15, -0.1) is 0 Å². The summed E-state index contributed by atoms with van der Waals surface area (Å²) in [4.78, 5) is 0.113. The Morgan fingerprint density at radius 2 is 2.15 bits per heavy atom. The van der Waals surface area contributed by atoms with Crippen molar-refractivity contribution >= 4 is 21.6 Å². The second kappa shape index (κ2) is 6.15. The second-order valence-electron chi connectivity index (χ2n) is 4.54. The first kappa shape index (κ1) is 15.3. The second-order valence-corrected chi connectivity index (χ2v) is 6.81. The van der Waals surface area contributed by atoms with E-state index in [1.165, 1.54) is 16.4 Å². The van der Waals surface area contributed by atoms with Crippen molar-refractivity contribution in [2.45, 2.75) is 30.7 Å². The van der Waals surface area contributed by atoms with Crippen LogP contribution in [0.25, 0.3) is 0 Å². The minimum Gasteiger partial charge on any atom is -0.384 e. The number of hydrogen-bond acceptors (Lipinski definition) is 3. The van der Waals surface area contributed by atoms with E-state index in [0.717, 1.165) is 12.8 Å². The smallest absolute Gasteiger partial charge is 0.244 e. The summed E-state index contributed by atoms with van der Waals surface area (Å²) in [6, 6.07) is 4.69. The molecule has 2 rings (SSSR count). The molecule has 108 valence electrons. The number of rotatable bonds is 4. The van der Waals surface area contributed by atoms with Gasteiger partial charge in [0.05, 0.1) is 5.02 Å². The van der Waals surface area contributed by atoms with E-state index in [1.807, 2.05) is 6.92 Å². The highest BCUT2D eigenvalue weighted by Crippen LogP contribution is 2.34. The van der Waals surface area contributed by atoms with Crippen LogP contribution in [0, 0.1) is 11.8 Å². The number of aliphatic hydroxyl groups is 1. The monoisotopic (exact) mass is 313 g/mol. The summed E-state index contributed by atoms with van der Waals surface area (Å²) in [7, 11) is -3.55. The van der Waals surface area contributed by atoms with Gasteiger partial charge in [-0.1, -0.05) is 30.4 Å². The third-order valence-corrected chi connectivity index (χ3v) is 5.61. The van der Waals surface area contributed by atoms with E-state index in [2.05, 4.69) is 11.8 Å². The van der Waals surface area contributed by atoms with Gasteiger partial charge in [0, 0.05) is 18.2 Å². The minimum atomic E-state index is -3.55. The Morgan fingerprint density at radius 1 is 1.45 bits per heavy atom. The van der Waals surface area contributed by atoms with Gasteiger partial charge in [-0.2, -0.15) is 4.31 Å². The van der Waals surface area contributed by atoms with E-state index in [0.29, 0.717) is 12.1 Å². The third kappa shape index (κ3) is 3.15. The fourth-order valence-corrected chi connectivity index (χ4v) is 4.26. The molecule has 0 radical (unpaired) electrons. The highest BCUT2D eigenvalue weighted by molar-refractivity contribution is 7.89. The predicted molar refractivity (Wildman–Crippen MR) is 78.0 cm³/mol. The third-order valence-electron chi connectivity index (χ3n) is 3.10. The lowest BCUT2D eigenvalue weighted by Crippen LogP contribution is -2.33. The van der Waals surface area contributed by atoms with E-state index in [-0.39, 0.29) is 22.6 Å². The lowest BCUT2D eigenvalue weighted by atomic mass is 10.2. The Labute approximate surface area is 124 Å². The summed E-state index contributed by atoms with van der Waals surface area (Å²) in [5.41, 5.74) is 0.581. The molecule has 1 aliphatic carbocycles. The molecule has 0 heterocycles. The Morgan fingerprint density at radius 3 is 2.65 bits per heavy atom. The normalized spacial score (nSPS) is 15.0. The number of nitrogens with zero attached hydrogens (tertiary/aromatic N) is 1. The first-order valence-corrected chi connectivity index (χ1v) is 8.23. The maximum Gasteiger partial charge on any atom is 0.244 e. The molecule has 6 heteroatoms. The number of halogens is 1. The van der Waals surface area contributed by atoms with Gasteiger partial charge in [-0.3, -0.25) is 0 Å². The topological polar surface area (TPSA) is 57.6 Å². The van der Waals surface area contributed by atoms with E-state index < -0.39 is 10.0 Å². The van der Waals surface area contributed by atoms with Gasteiger partial charge in [-0.25, -0.2) is 8.42 Å². The molecule has 0 atom stereocenters. The molecule has 0 aromatic heterocycles. The van der Waals surface area contributed by atoms with Crippen LogP contribution in [-0.2, 0) is 10.0 Å². The molecule has 1 saturated carbocycles. The molecule has 1 N–H and O–H groups in total. The highest BCUT2D eigenvalue weighted by atomic mass is 35.5. The molecule has 0 saturated heterocycles. The van der Waals surface area contributed by atoms with Crippen LogP contribution in [-0.4, -0.2) is 37.0 Å². The summed E-state index contributed by atoms with van der Waals surface area (Å²) >= 11 is 6.08. The molecule has 20 heavy (non-hydrogen) atoms. The largest absolute Gasteiger partial charge is 0.384 e. The molecule has 1 aromatic rings. The summed E-state index contributed by atoms with van der Waals surface area (Å²) in [6.45, 7) is 2.02. The highest BCUT2D eigenvalue weighted by Gasteiger charge is 2.37. The summed E-state index contributed by atoms with van der Waals surface area (Å²) in [6.07, 6.45) is 1.81. The zero-order chi connectivity index (χ0) is 14.8. The molecule has 0 amide bonds. The van der Waals surface area contributed by atoms with Crippen molar-refractivity contribution in [3.05, 3.63) is 28.8 Å². The Bertz CT molecular complexity index is 657. The van der Waals surface area contributed by atoms with Crippen molar-refractivity contribution in [2.24, 2.45) is 0 Å². The van der Waals surface area contributed by atoms with Gasteiger partial charge >= 0.3 is 0 Å².